The lowest BCUT2D eigenvalue weighted by Gasteiger charge is -2.37. The molecule has 31 heavy (non-hydrogen) atoms. The predicted octanol–water partition coefficient (Wildman–Crippen LogP) is 6.04. The van der Waals surface area contributed by atoms with Crippen LogP contribution in [0.25, 0.3) is 11.1 Å². The first-order valence-electron chi connectivity index (χ1n) is 11.2. The minimum Gasteiger partial charge on any atom is -0.490 e. The Balaban J connectivity index is 1.64. The van der Waals surface area contributed by atoms with E-state index < -0.39 is 5.97 Å². The van der Waals surface area contributed by atoms with E-state index in [0.29, 0.717) is 18.5 Å². The minimum atomic E-state index is -0.851. The van der Waals surface area contributed by atoms with E-state index in [9.17, 15) is 9.18 Å². The summed E-state index contributed by atoms with van der Waals surface area (Å²) < 4.78 is 20.5. The summed E-state index contributed by atoms with van der Waals surface area (Å²) in [5.41, 5.74) is 2.83. The highest BCUT2D eigenvalue weighted by molar-refractivity contribution is 5.67. The molecule has 2 N–H and O–H groups in total. The van der Waals surface area contributed by atoms with E-state index >= 15 is 0 Å². The van der Waals surface area contributed by atoms with Crippen LogP contribution in [0.5, 0.6) is 5.75 Å². The molecule has 2 aromatic rings. The number of hydrogen-bond donors (Lipinski definition) is 2. The second kappa shape index (κ2) is 10.3. The van der Waals surface area contributed by atoms with Crippen molar-refractivity contribution in [3.8, 4) is 16.9 Å². The van der Waals surface area contributed by atoms with Gasteiger partial charge in [0.15, 0.2) is 0 Å². The van der Waals surface area contributed by atoms with Crippen molar-refractivity contribution in [2.24, 2.45) is 11.3 Å². The predicted molar refractivity (Wildman–Crippen MR) is 122 cm³/mol. The van der Waals surface area contributed by atoms with Crippen molar-refractivity contribution in [1.29, 1.82) is 0 Å². The maximum absolute atomic E-state index is 14.2. The number of halogens is 1. The van der Waals surface area contributed by atoms with Crippen LogP contribution < -0.4 is 10.1 Å². The molecule has 3 rings (SSSR count). The molecule has 0 amide bonds. The van der Waals surface area contributed by atoms with Gasteiger partial charge in [0.05, 0.1) is 12.5 Å². The number of aliphatic carboxylic acids is 1. The molecule has 0 unspecified atom stereocenters. The van der Waals surface area contributed by atoms with E-state index in [2.05, 4.69) is 26.1 Å². The molecule has 0 heterocycles. The van der Waals surface area contributed by atoms with E-state index in [0.717, 1.165) is 41.2 Å². The van der Waals surface area contributed by atoms with Crippen LogP contribution in [0, 0.1) is 17.2 Å². The monoisotopic (exact) mass is 427 g/mol. The number of carboxylic acid groups (broad SMARTS) is 1. The Kier molecular flexibility index (Phi) is 7.71. The first-order chi connectivity index (χ1) is 14.7. The van der Waals surface area contributed by atoms with E-state index in [1.165, 1.54) is 25.0 Å². The van der Waals surface area contributed by atoms with Crippen molar-refractivity contribution in [3.05, 3.63) is 53.8 Å². The zero-order valence-electron chi connectivity index (χ0n) is 18.8. The summed E-state index contributed by atoms with van der Waals surface area (Å²) >= 11 is 0. The fraction of sp³-hybridized carbons (Fsp3) is 0.500. The molecule has 4 nitrogen and oxygen atoms in total. The summed E-state index contributed by atoms with van der Waals surface area (Å²) in [6.07, 6.45) is 4.79. The Morgan fingerprint density at radius 1 is 1.10 bits per heavy atom. The largest absolute Gasteiger partial charge is 0.490 e. The highest BCUT2D eigenvalue weighted by atomic mass is 19.1. The number of carbonyl (C=O) groups is 1. The number of nitrogens with one attached hydrogen (secondary N) is 1. The van der Waals surface area contributed by atoms with Gasteiger partial charge in [0, 0.05) is 13.1 Å². The van der Waals surface area contributed by atoms with E-state index in [-0.39, 0.29) is 18.3 Å². The zero-order valence-corrected chi connectivity index (χ0v) is 18.8. The van der Waals surface area contributed by atoms with Gasteiger partial charge in [-0.2, -0.15) is 0 Å². The van der Waals surface area contributed by atoms with Crippen molar-refractivity contribution in [1.82, 2.24) is 5.32 Å². The van der Waals surface area contributed by atoms with E-state index in [1.54, 1.807) is 0 Å². The quantitative estimate of drug-likeness (QED) is 0.504. The second-order valence-electron chi connectivity index (χ2n) is 9.65. The summed E-state index contributed by atoms with van der Waals surface area (Å²) in [7, 11) is 0. The van der Waals surface area contributed by atoms with Gasteiger partial charge in [0.25, 0.3) is 0 Å². The van der Waals surface area contributed by atoms with Crippen LogP contribution in [-0.2, 0) is 11.3 Å². The van der Waals surface area contributed by atoms with Crippen LogP contribution in [0.4, 0.5) is 4.39 Å². The van der Waals surface area contributed by atoms with Gasteiger partial charge in [-0.15, -0.1) is 0 Å². The molecular formula is C26H34FNO3. The molecule has 168 valence electrons. The number of benzene rings is 2. The first-order valence-corrected chi connectivity index (χ1v) is 11.2. The Morgan fingerprint density at radius 3 is 2.52 bits per heavy atom. The van der Waals surface area contributed by atoms with Crippen LogP contribution in [-0.4, -0.2) is 23.7 Å². The molecule has 5 heteroatoms. The Morgan fingerprint density at radius 2 is 1.84 bits per heavy atom. The summed E-state index contributed by atoms with van der Waals surface area (Å²) in [5.74, 6) is 0.408. The molecule has 0 saturated heterocycles. The van der Waals surface area contributed by atoms with Crippen molar-refractivity contribution >= 4 is 5.97 Å². The van der Waals surface area contributed by atoms with Crippen LogP contribution in [0.15, 0.2) is 42.5 Å². The molecule has 0 spiro atoms. The van der Waals surface area contributed by atoms with Crippen molar-refractivity contribution in [2.75, 3.05) is 6.54 Å². The smallest absolute Gasteiger partial charge is 0.304 e. The number of hydrogen-bond acceptors (Lipinski definition) is 3. The van der Waals surface area contributed by atoms with Gasteiger partial charge in [-0.3, -0.25) is 4.79 Å². The maximum atomic E-state index is 14.2. The summed E-state index contributed by atoms with van der Waals surface area (Å²) in [5, 5.41) is 11.8. The fourth-order valence-electron chi connectivity index (χ4n) is 4.34. The average molecular weight is 428 g/mol. The first kappa shape index (κ1) is 23.3. The number of rotatable bonds is 8. The number of ether oxygens (including phenoxy) is 1. The lowest BCUT2D eigenvalue weighted by molar-refractivity contribution is -0.136. The van der Waals surface area contributed by atoms with E-state index in [4.69, 9.17) is 9.84 Å². The maximum Gasteiger partial charge on any atom is 0.304 e. The third-order valence-electron chi connectivity index (χ3n) is 6.17. The second-order valence-corrected chi connectivity index (χ2v) is 9.65. The molecule has 1 fully saturated rings. The molecule has 0 radical (unpaired) electrons. The molecule has 1 aliphatic rings. The third-order valence-corrected chi connectivity index (χ3v) is 6.17. The standard InChI is InChI=1S/C26H34FNO3/c1-26(2,3)21-7-9-23(10-8-21)31-24-6-4-5-19(16-24)20-13-18(14-22(27)15-20)17-28-12-11-25(29)30/h4-6,13-16,21,23,28H,7-12,17H2,1-3H3,(H,29,30)/t21-,23-. The minimum absolute atomic E-state index is 0.0409. The van der Waals surface area contributed by atoms with Crippen LogP contribution >= 0.6 is 0 Å². The molecule has 0 bridgehead atoms. The molecule has 0 aliphatic heterocycles. The van der Waals surface area contributed by atoms with E-state index in [1.807, 2.05) is 30.3 Å². The van der Waals surface area contributed by atoms with Crippen LogP contribution in [0.1, 0.15) is 58.4 Å². The van der Waals surface area contributed by atoms with Gasteiger partial charge < -0.3 is 15.2 Å². The molecule has 1 saturated carbocycles. The van der Waals surface area contributed by atoms with Crippen LogP contribution in [0.3, 0.4) is 0 Å². The number of carboxylic acids is 1. The Hall–Kier alpha value is -2.40. The van der Waals surface area contributed by atoms with Crippen molar-refractivity contribution < 1.29 is 19.0 Å². The molecule has 2 aromatic carbocycles. The van der Waals surface area contributed by atoms with Crippen molar-refractivity contribution in [3.63, 3.8) is 0 Å². The zero-order chi connectivity index (χ0) is 22.4. The third kappa shape index (κ3) is 7.06. The average Bonchev–Trinajstić information content (AvgIpc) is 2.71. The normalized spacial score (nSPS) is 19.2. The Labute approximate surface area is 184 Å². The SMILES string of the molecule is CC(C)(C)[C@H]1CC[C@H](Oc2cccc(-c3cc(F)cc(CNCCC(=O)O)c3)c2)CC1. The molecule has 1 aliphatic carbocycles. The Bertz CT molecular complexity index is 882. The lowest BCUT2D eigenvalue weighted by Crippen LogP contribution is -2.30. The van der Waals surface area contributed by atoms with Gasteiger partial charge in [-0.1, -0.05) is 32.9 Å². The van der Waals surface area contributed by atoms with Gasteiger partial charge in [-0.05, 0) is 84.0 Å². The van der Waals surface area contributed by atoms with Gasteiger partial charge in [0.1, 0.15) is 11.6 Å². The highest BCUT2D eigenvalue weighted by Crippen LogP contribution is 2.39. The molecule has 0 aromatic heterocycles. The van der Waals surface area contributed by atoms with Gasteiger partial charge >= 0.3 is 5.97 Å². The lowest BCUT2D eigenvalue weighted by atomic mass is 9.72. The van der Waals surface area contributed by atoms with Gasteiger partial charge in [-0.25, -0.2) is 4.39 Å². The fourth-order valence-corrected chi connectivity index (χ4v) is 4.34. The molecular weight excluding hydrogens is 393 g/mol. The summed E-state index contributed by atoms with van der Waals surface area (Å²) in [6, 6.07) is 12.8. The van der Waals surface area contributed by atoms with Gasteiger partial charge in [0.2, 0.25) is 0 Å². The molecule has 0 atom stereocenters. The summed E-state index contributed by atoms with van der Waals surface area (Å²) in [4.78, 5) is 10.6. The topological polar surface area (TPSA) is 58.6 Å². The highest BCUT2D eigenvalue weighted by Gasteiger charge is 2.30. The van der Waals surface area contributed by atoms with Crippen LogP contribution in [0.2, 0.25) is 0 Å². The van der Waals surface area contributed by atoms with Crippen molar-refractivity contribution in [2.45, 2.75) is 65.5 Å². The summed E-state index contributed by atoms with van der Waals surface area (Å²) in [6.45, 7) is 7.72.